The number of carbonyl (C=O) groups is 1. The minimum atomic E-state index is -0.222. The molecular weight excluding hydrogens is 308 g/mol. The number of fused-ring (bicyclic) bond motifs is 1. The summed E-state index contributed by atoms with van der Waals surface area (Å²) >= 11 is 0. The number of benzene rings is 2. The minimum absolute atomic E-state index is 0.222. The van der Waals surface area contributed by atoms with Crippen LogP contribution >= 0.6 is 0 Å². The van der Waals surface area contributed by atoms with Crippen LogP contribution in [0, 0.1) is 0 Å². The third-order valence-electron chi connectivity index (χ3n) is 3.67. The molecule has 24 heavy (non-hydrogen) atoms. The van der Waals surface area contributed by atoms with Crippen molar-refractivity contribution in [1.29, 1.82) is 0 Å². The summed E-state index contributed by atoms with van der Waals surface area (Å²) in [5, 5.41) is 5.65. The number of hydrogen-bond acceptors (Lipinski definition) is 4. The minimum Gasteiger partial charge on any atom is -0.497 e. The van der Waals surface area contributed by atoms with Gasteiger partial charge in [0.2, 0.25) is 0 Å². The molecule has 2 amide bonds. The normalized spacial score (nSPS) is 12.4. The number of methoxy groups -OCH3 is 1. The highest BCUT2D eigenvalue weighted by molar-refractivity contribution is 5.73. The van der Waals surface area contributed by atoms with E-state index in [1.54, 1.807) is 7.11 Å². The van der Waals surface area contributed by atoms with Crippen LogP contribution in [0.25, 0.3) is 0 Å². The van der Waals surface area contributed by atoms with Crippen molar-refractivity contribution < 1.29 is 19.0 Å². The number of hydrogen-bond donors (Lipinski definition) is 2. The maximum Gasteiger partial charge on any atom is 0.315 e. The lowest BCUT2D eigenvalue weighted by molar-refractivity contribution is 0.171. The van der Waals surface area contributed by atoms with Crippen LogP contribution in [0.5, 0.6) is 17.2 Å². The van der Waals surface area contributed by atoms with Gasteiger partial charge in [0.1, 0.15) is 19.0 Å². The van der Waals surface area contributed by atoms with Gasteiger partial charge in [0, 0.05) is 13.1 Å². The number of nitrogens with one attached hydrogen (secondary N) is 2. The molecule has 0 fully saturated rings. The van der Waals surface area contributed by atoms with Crippen LogP contribution in [0.15, 0.2) is 42.5 Å². The van der Waals surface area contributed by atoms with E-state index in [2.05, 4.69) is 10.6 Å². The van der Waals surface area contributed by atoms with Crippen molar-refractivity contribution in [3.05, 3.63) is 53.6 Å². The van der Waals surface area contributed by atoms with Crippen molar-refractivity contribution >= 4 is 6.03 Å². The van der Waals surface area contributed by atoms with Gasteiger partial charge in [-0.1, -0.05) is 18.2 Å². The summed E-state index contributed by atoms with van der Waals surface area (Å²) < 4.78 is 16.1. The first-order valence-electron chi connectivity index (χ1n) is 7.78. The first-order chi connectivity index (χ1) is 11.7. The molecule has 0 saturated carbocycles. The Morgan fingerprint density at radius 3 is 2.29 bits per heavy atom. The molecule has 126 valence electrons. The summed E-state index contributed by atoms with van der Waals surface area (Å²) in [7, 11) is 1.62. The summed E-state index contributed by atoms with van der Waals surface area (Å²) in [6, 6.07) is 13.0. The molecule has 2 N–H and O–H groups in total. The van der Waals surface area contributed by atoms with E-state index < -0.39 is 0 Å². The standard InChI is InChI=1S/C18H20N2O4/c1-22-15-5-2-13(3-6-15)11-19-18(21)20-12-14-4-7-16-17(10-14)24-9-8-23-16/h2-7,10H,8-9,11-12H2,1H3,(H2,19,20,21). The zero-order valence-corrected chi connectivity index (χ0v) is 13.5. The number of urea groups is 1. The van der Waals surface area contributed by atoms with Gasteiger partial charge in [0.05, 0.1) is 7.11 Å². The van der Waals surface area contributed by atoms with Crippen LogP contribution in [0.3, 0.4) is 0 Å². The highest BCUT2D eigenvalue weighted by Crippen LogP contribution is 2.30. The van der Waals surface area contributed by atoms with Crippen molar-refractivity contribution in [1.82, 2.24) is 10.6 Å². The molecule has 1 aliphatic heterocycles. The van der Waals surface area contributed by atoms with Gasteiger partial charge in [-0.15, -0.1) is 0 Å². The first kappa shape index (κ1) is 16.0. The molecule has 0 unspecified atom stereocenters. The van der Waals surface area contributed by atoms with Crippen LogP contribution in [0.1, 0.15) is 11.1 Å². The summed E-state index contributed by atoms with van der Waals surface area (Å²) in [6.07, 6.45) is 0. The van der Waals surface area contributed by atoms with Crippen molar-refractivity contribution in [2.24, 2.45) is 0 Å². The summed E-state index contributed by atoms with van der Waals surface area (Å²) in [5.74, 6) is 2.26. The van der Waals surface area contributed by atoms with E-state index >= 15 is 0 Å². The Morgan fingerprint density at radius 1 is 0.958 bits per heavy atom. The summed E-state index contributed by atoms with van der Waals surface area (Å²) in [6.45, 7) is 1.99. The Labute approximate surface area is 140 Å². The second kappa shape index (κ2) is 7.59. The summed E-state index contributed by atoms with van der Waals surface area (Å²) in [4.78, 5) is 11.9. The smallest absolute Gasteiger partial charge is 0.315 e. The van der Waals surface area contributed by atoms with E-state index in [-0.39, 0.29) is 6.03 Å². The number of rotatable bonds is 5. The molecule has 6 heteroatoms. The zero-order chi connectivity index (χ0) is 16.8. The molecule has 0 radical (unpaired) electrons. The number of ether oxygens (including phenoxy) is 3. The highest BCUT2D eigenvalue weighted by atomic mass is 16.6. The van der Waals surface area contributed by atoms with Gasteiger partial charge in [0.15, 0.2) is 11.5 Å². The Hall–Kier alpha value is -2.89. The van der Waals surface area contributed by atoms with E-state index in [0.717, 1.165) is 28.4 Å². The third kappa shape index (κ3) is 4.10. The Morgan fingerprint density at radius 2 is 1.58 bits per heavy atom. The number of amides is 2. The molecular formula is C18H20N2O4. The highest BCUT2D eigenvalue weighted by Gasteiger charge is 2.11. The lowest BCUT2D eigenvalue weighted by Crippen LogP contribution is -2.34. The van der Waals surface area contributed by atoms with Crippen LogP contribution in [-0.2, 0) is 13.1 Å². The largest absolute Gasteiger partial charge is 0.497 e. The fourth-order valence-electron chi connectivity index (χ4n) is 2.37. The van der Waals surface area contributed by atoms with Gasteiger partial charge in [0.25, 0.3) is 0 Å². The van der Waals surface area contributed by atoms with Gasteiger partial charge in [-0.2, -0.15) is 0 Å². The monoisotopic (exact) mass is 328 g/mol. The molecule has 6 nitrogen and oxygen atoms in total. The number of carbonyl (C=O) groups excluding carboxylic acids is 1. The molecule has 0 aromatic heterocycles. The van der Waals surface area contributed by atoms with Crippen molar-refractivity contribution in [2.75, 3.05) is 20.3 Å². The SMILES string of the molecule is COc1ccc(CNC(=O)NCc2ccc3c(c2)OCCO3)cc1. The van der Waals surface area contributed by atoms with E-state index in [1.807, 2.05) is 42.5 Å². The quantitative estimate of drug-likeness (QED) is 0.885. The fraction of sp³-hybridized carbons (Fsp3) is 0.278. The topological polar surface area (TPSA) is 68.8 Å². The maximum absolute atomic E-state index is 11.9. The van der Waals surface area contributed by atoms with Gasteiger partial charge in [-0.3, -0.25) is 0 Å². The second-order valence-corrected chi connectivity index (χ2v) is 5.36. The molecule has 2 aromatic carbocycles. The van der Waals surface area contributed by atoms with Crippen molar-refractivity contribution in [3.63, 3.8) is 0 Å². The van der Waals surface area contributed by atoms with Gasteiger partial charge in [-0.25, -0.2) is 4.79 Å². The molecule has 0 atom stereocenters. The fourth-order valence-corrected chi connectivity index (χ4v) is 2.37. The zero-order valence-electron chi connectivity index (χ0n) is 13.5. The van der Waals surface area contributed by atoms with E-state index in [0.29, 0.717) is 26.3 Å². The van der Waals surface area contributed by atoms with Crippen molar-refractivity contribution in [2.45, 2.75) is 13.1 Å². The van der Waals surface area contributed by atoms with E-state index in [4.69, 9.17) is 14.2 Å². The Bertz CT molecular complexity index is 701. The molecule has 0 aliphatic carbocycles. The first-order valence-corrected chi connectivity index (χ1v) is 7.78. The van der Waals surface area contributed by atoms with Crippen LogP contribution in [-0.4, -0.2) is 26.4 Å². The molecule has 2 aromatic rings. The molecule has 1 aliphatic rings. The van der Waals surface area contributed by atoms with Gasteiger partial charge in [-0.05, 0) is 35.4 Å². The Balaban J connectivity index is 1.46. The predicted molar refractivity (Wildman–Crippen MR) is 89.5 cm³/mol. The van der Waals surface area contributed by atoms with Crippen LogP contribution < -0.4 is 24.8 Å². The van der Waals surface area contributed by atoms with Crippen molar-refractivity contribution in [3.8, 4) is 17.2 Å². The average molecular weight is 328 g/mol. The van der Waals surface area contributed by atoms with Crippen LogP contribution in [0.4, 0.5) is 4.79 Å². The third-order valence-corrected chi connectivity index (χ3v) is 3.67. The molecule has 1 heterocycles. The lowest BCUT2D eigenvalue weighted by atomic mass is 10.2. The lowest BCUT2D eigenvalue weighted by Gasteiger charge is -2.19. The second-order valence-electron chi connectivity index (χ2n) is 5.36. The molecule has 3 rings (SSSR count). The summed E-state index contributed by atoms with van der Waals surface area (Å²) in [5.41, 5.74) is 1.96. The predicted octanol–water partition coefficient (Wildman–Crippen LogP) is 2.47. The molecule has 0 spiro atoms. The average Bonchev–Trinajstić information content (AvgIpc) is 2.65. The Kier molecular flexibility index (Phi) is 5.05. The maximum atomic E-state index is 11.9. The molecule has 0 bridgehead atoms. The van der Waals surface area contributed by atoms with E-state index in [1.165, 1.54) is 0 Å². The van der Waals surface area contributed by atoms with E-state index in [9.17, 15) is 4.79 Å². The van der Waals surface area contributed by atoms with Crippen LogP contribution in [0.2, 0.25) is 0 Å². The van der Waals surface area contributed by atoms with Gasteiger partial charge >= 0.3 is 6.03 Å². The van der Waals surface area contributed by atoms with Gasteiger partial charge < -0.3 is 24.8 Å². The molecule has 0 saturated heterocycles.